The Balaban J connectivity index is 1.86. The minimum absolute atomic E-state index is 0.534. The summed E-state index contributed by atoms with van der Waals surface area (Å²) in [4.78, 5) is 4.48. The van der Waals surface area contributed by atoms with Gasteiger partial charge in [0.2, 0.25) is 10.0 Å². The molecule has 20 heavy (non-hydrogen) atoms. The molecule has 0 aromatic rings. The average molecular weight is 305 g/mol. The van der Waals surface area contributed by atoms with Crippen molar-refractivity contribution >= 4 is 10.0 Å². The fourth-order valence-corrected chi connectivity index (χ4v) is 4.07. The van der Waals surface area contributed by atoms with Gasteiger partial charge in [0.15, 0.2) is 0 Å². The molecule has 0 aliphatic carbocycles. The van der Waals surface area contributed by atoms with Crippen molar-refractivity contribution in [3.63, 3.8) is 0 Å². The number of piperazine rings is 1. The summed E-state index contributed by atoms with van der Waals surface area (Å²) in [6.45, 7) is 8.04. The molecule has 0 bridgehead atoms. The van der Waals surface area contributed by atoms with Crippen LogP contribution in [0, 0.1) is 0 Å². The number of hydrogen-bond acceptors (Lipinski definition) is 5. The third kappa shape index (κ3) is 4.14. The Morgan fingerprint density at radius 2 is 1.75 bits per heavy atom. The Bertz CT molecular complexity index is 421. The second-order valence-electron chi connectivity index (χ2n) is 6.13. The van der Waals surface area contributed by atoms with E-state index in [9.17, 15) is 13.5 Å². The van der Waals surface area contributed by atoms with E-state index in [0.717, 1.165) is 32.5 Å². The predicted molar refractivity (Wildman–Crippen MR) is 79.2 cm³/mol. The molecule has 2 fully saturated rings. The molecule has 2 heterocycles. The Labute approximate surface area is 122 Å². The molecule has 2 rings (SSSR count). The number of hydrogen-bond donors (Lipinski definition) is 1. The molecule has 118 valence electrons. The highest BCUT2D eigenvalue weighted by molar-refractivity contribution is 7.88. The van der Waals surface area contributed by atoms with Crippen molar-refractivity contribution in [3.8, 4) is 0 Å². The number of piperidine rings is 1. The molecule has 0 saturated carbocycles. The number of likely N-dealkylation sites (tertiary alicyclic amines) is 1. The SMILES string of the molecule is CCN1CCC[C@@](O)(CN2CCN(S(C)(=O)=O)CC2)C1. The number of nitrogens with zero attached hydrogens (tertiary/aromatic N) is 3. The maximum absolute atomic E-state index is 11.5. The maximum atomic E-state index is 11.5. The fourth-order valence-electron chi connectivity index (χ4n) is 3.24. The molecule has 1 N–H and O–H groups in total. The second kappa shape index (κ2) is 6.27. The molecule has 2 aliphatic rings. The zero-order valence-electron chi connectivity index (χ0n) is 12.6. The molecule has 0 unspecified atom stereocenters. The van der Waals surface area contributed by atoms with Crippen molar-refractivity contribution in [1.82, 2.24) is 14.1 Å². The zero-order chi connectivity index (χ0) is 14.8. The van der Waals surface area contributed by atoms with Gasteiger partial charge in [-0.05, 0) is 25.9 Å². The first-order chi connectivity index (χ1) is 9.32. The van der Waals surface area contributed by atoms with E-state index in [1.54, 1.807) is 0 Å². The number of likely N-dealkylation sites (N-methyl/N-ethyl adjacent to an activating group) is 1. The lowest BCUT2D eigenvalue weighted by atomic mass is 9.92. The van der Waals surface area contributed by atoms with Gasteiger partial charge in [-0.3, -0.25) is 4.90 Å². The van der Waals surface area contributed by atoms with Gasteiger partial charge in [0.05, 0.1) is 11.9 Å². The first kappa shape index (κ1) is 16.2. The zero-order valence-corrected chi connectivity index (χ0v) is 13.4. The minimum atomic E-state index is -3.07. The number of β-amino-alcohol motifs (C(OH)–C–C–N with tert-alkyl or cyclic N) is 1. The Hall–Kier alpha value is -0.210. The molecule has 0 amide bonds. The number of sulfonamides is 1. The van der Waals surface area contributed by atoms with E-state index in [0.29, 0.717) is 32.7 Å². The molecule has 2 aliphatic heterocycles. The van der Waals surface area contributed by atoms with Crippen molar-refractivity contribution in [2.45, 2.75) is 25.4 Å². The molecule has 0 radical (unpaired) electrons. The summed E-state index contributed by atoms with van der Waals surface area (Å²) in [5.41, 5.74) is -0.637. The Kier molecular flexibility index (Phi) is 5.07. The highest BCUT2D eigenvalue weighted by Crippen LogP contribution is 2.23. The monoisotopic (exact) mass is 305 g/mol. The molecule has 6 nitrogen and oxygen atoms in total. The lowest BCUT2D eigenvalue weighted by Gasteiger charge is -2.43. The van der Waals surface area contributed by atoms with Crippen LogP contribution in [0.15, 0.2) is 0 Å². The standard InChI is InChI=1S/C13H27N3O3S/c1-3-14-6-4-5-13(17,11-14)12-15-7-9-16(10-8-15)20(2,18)19/h17H,3-12H2,1-2H3/t13-/m0/s1. The van der Waals surface area contributed by atoms with Crippen molar-refractivity contribution in [3.05, 3.63) is 0 Å². The van der Waals surface area contributed by atoms with Crippen LogP contribution in [0.2, 0.25) is 0 Å². The summed E-state index contributed by atoms with van der Waals surface area (Å²) < 4.78 is 24.5. The smallest absolute Gasteiger partial charge is 0.211 e. The second-order valence-corrected chi connectivity index (χ2v) is 8.12. The normalized spacial score (nSPS) is 31.6. The molecule has 0 aromatic carbocycles. The third-order valence-corrected chi connectivity index (χ3v) is 5.70. The minimum Gasteiger partial charge on any atom is -0.387 e. The summed E-state index contributed by atoms with van der Waals surface area (Å²) >= 11 is 0. The highest BCUT2D eigenvalue weighted by atomic mass is 32.2. The first-order valence-corrected chi connectivity index (χ1v) is 9.29. The lowest BCUT2D eigenvalue weighted by molar-refractivity contribution is -0.0558. The summed E-state index contributed by atoms with van der Waals surface area (Å²) in [6.07, 6.45) is 3.14. The maximum Gasteiger partial charge on any atom is 0.211 e. The van der Waals surface area contributed by atoms with Crippen molar-refractivity contribution < 1.29 is 13.5 Å². The molecule has 0 aromatic heterocycles. The summed E-state index contributed by atoms with van der Waals surface area (Å²) in [6, 6.07) is 0. The first-order valence-electron chi connectivity index (χ1n) is 7.45. The van der Waals surface area contributed by atoms with Crippen molar-refractivity contribution in [1.29, 1.82) is 0 Å². The summed E-state index contributed by atoms with van der Waals surface area (Å²) in [5.74, 6) is 0. The van der Waals surface area contributed by atoms with E-state index in [1.165, 1.54) is 10.6 Å². The molecular weight excluding hydrogens is 278 g/mol. The topological polar surface area (TPSA) is 64.1 Å². The van der Waals surface area contributed by atoms with Crippen LogP contribution in [0.3, 0.4) is 0 Å². The number of aliphatic hydroxyl groups is 1. The van der Waals surface area contributed by atoms with E-state index in [4.69, 9.17) is 0 Å². The van der Waals surface area contributed by atoms with Crippen molar-refractivity contribution in [2.75, 3.05) is 58.6 Å². The van der Waals surface area contributed by atoms with Gasteiger partial charge in [-0.15, -0.1) is 0 Å². The molecule has 2 saturated heterocycles. The van der Waals surface area contributed by atoms with Gasteiger partial charge < -0.3 is 10.0 Å². The quantitative estimate of drug-likeness (QED) is 0.752. The van der Waals surface area contributed by atoms with Gasteiger partial charge in [-0.25, -0.2) is 8.42 Å². The van der Waals surface area contributed by atoms with Crippen LogP contribution < -0.4 is 0 Å². The van der Waals surface area contributed by atoms with Crippen LogP contribution in [0.5, 0.6) is 0 Å². The summed E-state index contributed by atoms with van der Waals surface area (Å²) in [5, 5.41) is 10.7. The molecule has 0 spiro atoms. The van der Waals surface area contributed by atoms with E-state index in [1.807, 2.05) is 0 Å². The van der Waals surface area contributed by atoms with Gasteiger partial charge in [0, 0.05) is 39.3 Å². The van der Waals surface area contributed by atoms with Gasteiger partial charge >= 0.3 is 0 Å². The van der Waals surface area contributed by atoms with Crippen LogP contribution in [0.25, 0.3) is 0 Å². The predicted octanol–water partition coefficient (Wildman–Crippen LogP) is -0.590. The van der Waals surface area contributed by atoms with Gasteiger partial charge in [-0.1, -0.05) is 6.92 Å². The van der Waals surface area contributed by atoms with Gasteiger partial charge in [-0.2, -0.15) is 4.31 Å². The van der Waals surface area contributed by atoms with E-state index >= 15 is 0 Å². The van der Waals surface area contributed by atoms with E-state index in [-0.39, 0.29) is 0 Å². The highest BCUT2D eigenvalue weighted by Gasteiger charge is 2.35. The van der Waals surface area contributed by atoms with Gasteiger partial charge in [0.1, 0.15) is 0 Å². The third-order valence-electron chi connectivity index (χ3n) is 4.40. The van der Waals surface area contributed by atoms with Crippen LogP contribution in [0.1, 0.15) is 19.8 Å². The van der Waals surface area contributed by atoms with Gasteiger partial charge in [0.25, 0.3) is 0 Å². The average Bonchev–Trinajstić information content (AvgIpc) is 2.37. The summed E-state index contributed by atoms with van der Waals surface area (Å²) in [7, 11) is -3.07. The lowest BCUT2D eigenvalue weighted by Crippen LogP contribution is -2.57. The van der Waals surface area contributed by atoms with Crippen LogP contribution in [-0.4, -0.2) is 91.8 Å². The molecule has 1 atom stereocenters. The van der Waals surface area contributed by atoms with Crippen LogP contribution in [0.4, 0.5) is 0 Å². The largest absolute Gasteiger partial charge is 0.387 e. The van der Waals surface area contributed by atoms with E-state index < -0.39 is 15.6 Å². The number of rotatable bonds is 4. The molecular formula is C13H27N3O3S. The molecule has 7 heteroatoms. The van der Waals surface area contributed by atoms with Crippen molar-refractivity contribution in [2.24, 2.45) is 0 Å². The fraction of sp³-hybridized carbons (Fsp3) is 1.00. The van der Waals surface area contributed by atoms with Crippen LogP contribution in [-0.2, 0) is 10.0 Å². The Morgan fingerprint density at radius 1 is 1.10 bits per heavy atom. The Morgan fingerprint density at radius 3 is 2.30 bits per heavy atom. The van der Waals surface area contributed by atoms with E-state index in [2.05, 4.69) is 16.7 Å². The van der Waals surface area contributed by atoms with Crippen LogP contribution >= 0.6 is 0 Å².